The highest BCUT2D eigenvalue weighted by molar-refractivity contribution is 14.1. The van der Waals surface area contributed by atoms with Crippen LogP contribution in [0.3, 0.4) is 0 Å². The minimum atomic E-state index is -4.68. The summed E-state index contributed by atoms with van der Waals surface area (Å²) in [6, 6.07) is 0. The van der Waals surface area contributed by atoms with Crippen molar-refractivity contribution in [3.05, 3.63) is 46.5 Å². The molecule has 98 valence electrons. The average Bonchev–Trinajstić information content (AvgIpc) is 2.63. The Hall–Kier alpha value is -1.25. The molecule has 0 saturated carbocycles. The smallest absolute Gasteiger partial charge is 0.411 e. The maximum absolute atomic E-state index is 11.9. The van der Waals surface area contributed by atoms with Crippen molar-refractivity contribution in [1.29, 1.82) is 0 Å². The van der Waals surface area contributed by atoms with E-state index in [1.807, 2.05) is 0 Å². The molecule has 0 fully saturated rings. The fourth-order valence-corrected chi connectivity index (χ4v) is 1.49. The molecule has 0 atom stereocenters. The van der Waals surface area contributed by atoms with Gasteiger partial charge in [-0.3, -0.25) is 0 Å². The molecule has 7 heteroatoms. The Morgan fingerprint density at radius 1 is 1.50 bits per heavy atom. The van der Waals surface area contributed by atoms with E-state index in [9.17, 15) is 13.2 Å². The standard InChI is InChI=1S/C11H10F3IN2O/c1-3-10(17-7-9(15)6-16-17)5-4-8(2)18-11(12,13)14/h3-7H,1H2,2H3/b8-4+,10-5+. The second-order valence-electron chi connectivity index (χ2n) is 3.22. The summed E-state index contributed by atoms with van der Waals surface area (Å²) in [5.74, 6) is -0.260. The molecule has 0 amide bonds. The second kappa shape index (κ2) is 6.07. The molecule has 0 aliphatic rings. The zero-order chi connectivity index (χ0) is 13.8. The van der Waals surface area contributed by atoms with E-state index in [1.54, 1.807) is 12.4 Å². The maximum Gasteiger partial charge on any atom is 0.572 e. The molecule has 0 unspecified atom stereocenters. The highest BCUT2D eigenvalue weighted by atomic mass is 127. The molecule has 1 rings (SSSR count). The predicted molar refractivity (Wildman–Crippen MR) is 70.3 cm³/mol. The normalized spacial score (nSPS) is 13.6. The van der Waals surface area contributed by atoms with Crippen LogP contribution < -0.4 is 0 Å². The van der Waals surface area contributed by atoms with Crippen molar-refractivity contribution in [2.75, 3.05) is 0 Å². The van der Waals surface area contributed by atoms with Crippen LogP contribution in [0.25, 0.3) is 5.70 Å². The van der Waals surface area contributed by atoms with Crippen LogP contribution in [-0.2, 0) is 4.74 Å². The molecule has 0 bridgehead atoms. The van der Waals surface area contributed by atoms with Crippen LogP contribution in [0.5, 0.6) is 0 Å². The molecular formula is C11H10F3IN2O. The Bertz CT molecular complexity index is 489. The van der Waals surface area contributed by atoms with E-state index in [4.69, 9.17) is 0 Å². The highest BCUT2D eigenvalue weighted by Crippen LogP contribution is 2.20. The molecular weight excluding hydrogens is 360 g/mol. The van der Waals surface area contributed by atoms with Crippen molar-refractivity contribution >= 4 is 28.3 Å². The van der Waals surface area contributed by atoms with Gasteiger partial charge in [-0.25, -0.2) is 4.68 Å². The van der Waals surface area contributed by atoms with E-state index in [-0.39, 0.29) is 5.76 Å². The summed E-state index contributed by atoms with van der Waals surface area (Å²) in [5.41, 5.74) is 0.544. The van der Waals surface area contributed by atoms with Crippen LogP contribution in [0.1, 0.15) is 6.92 Å². The quantitative estimate of drug-likeness (QED) is 0.456. The molecule has 0 saturated heterocycles. The van der Waals surface area contributed by atoms with Crippen molar-refractivity contribution in [2.45, 2.75) is 13.3 Å². The molecule has 18 heavy (non-hydrogen) atoms. The van der Waals surface area contributed by atoms with Gasteiger partial charge < -0.3 is 4.74 Å². The summed E-state index contributed by atoms with van der Waals surface area (Å²) in [5, 5.41) is 4.02. The summed E-state index contributed by atoms with van der Waals surface area (Å²) in [6.07, 6.45) is 2.81. The van der Waals surface area contributed by atoms with Gasteiger partial charge in [0.2, 0.25) is 0 Å². The third kappa shape index (κ3) is 4.94. The Balaban J connectivity index is 2.86. The number of nitrogens with zero attached hydrogens (tertiary/aromatic N) is 2. The van der Waals surface area contributed by atoms with Crippen LogP contribution in [-0.4, -0.2) is 16.1 Å². The summed E-state index contributed by atoms with van der Waals surface area (Å²) >= 11 is 2.08. The van der Waals surface area contributed by atoms with Crippen molar-refractivity contribution in [3.63, 3.8) is 0 Å². The van der Waals surface area contributed by atoms with Gasteiger partial charge in [0, 0.05) is 6.20 Å². The lowest BCUT2D eigenvalue weighted by atomic mass is 10.3. The number of hydrogen-bond donors (Lipinski definition) is 0. The number of alkyl halides is 3. The molecule has 3 nitrogen and oxygen atoms in total. The number of hydrogen-bond acceptors (Lipinski definition) is 2. The van der Waals surface area contributed by atoms with Crippen LogP contribution in [0.2, 0.25) is 0 Å². The number of halogens is 4. The van der Waals surface area contributed by atoms with Crippen LogP contribution in [0.4, 0.5) is 13.2 Å². The molecule has 0 aliphatic heterocycles. The fraction of sp³-hybridized carbons (Fsp3) is 0.182. The molecule has 0 radical (unpaired) electrons. The van der Waals surface area contributed by atoms with E-state index >= 15 is 0 Å². The lowest BCUT2D eigenvalue weighted by Gasteiger charge is -2.08. The zero-order valence-corrected chi connectivity index (χ0v) is 11.6. The Kier molecular flexibility index (Phi) is 5.00. The van der Waals surface area contributed by atoms with E-state index in [2.05, 4.69) is 39.0 Å². The van der Waals surface area contributed by atoms with Crippen LogP contribution >= 0.6 is 22.6 Å². The average molecular weight is 370 g/mol. The van der Waals surface area contributed by atoms with Crippen LogP contribution in [0.15, 0.2) is 43.0 Å². The Morgan fingerprint density at radius 2 is 2.17 bits per heavy atom. The Labute approximate surface area is 116 Å². The van der Waals surface area contributed by atoms with E-state index in [1.165, 1.54) is 29.8 Å². The number of allylic oxidation sites excluding steroid dienone is 5. The van der Waals surface area contributed by atoms with Crippen LogP contribution in [0, 0.1) is 3.57 Å². The van der Waals surface area contributed by atoms with Gasteiger partial charge >= 0.3 is 6.36 Å². The first kappa shape index (κ1) is 14.8. The zero-order valence-electron chi connectivity index (χ0n) is 9.41. The van der Waals surface area contributed by atoms with Crippen molar-refractivity contribution in [3.8, 4) is 0 Å². The molecule has 0 aliphatic carbocycles. The highest BCUT2D eigenvalue weighted by Gasteiger charge is 2.30. The lowest BCUT2D eigenvalue weighted by molar-refractivity contribution is -0.305. The number of rotatable bonds is 4. The SMILES string of the molecule is C=C/C(=C\C=C(/C)OC(F)(F)F)n1cc(I)cn1. The number of ether oxygens (including phenoxy) is 1. The first-order valence-corrected chi connectivity index (χ1v) is 5.87. The summed E-state index contributed by atoms with van der Waals surface area (Å²) in [6.45, 7) is 4.80. The van der Waals surface area contributed by atoms with Gasteiger partial charge in [0.1, 0.15) is 5.76 Å². The van der Waals surface area contributed by atoms with E-state index in [0.717, 1.165) is 3.57 Å². The molecule has 1 heterocycles. The van der Waals surface area contributed by atoms with Gasteiger partial charge in [0.15, 0.2) is 0 Å². The Morgan fingerprint density at radius 3 is 2.61 bits per heavy atom. The fourth-order valence-electron chi connectivity index (χ4n) is 1.10. The molecule has 0 spiro atoms. The van der Waals surface area contributed by atoms with Crippen molar-refractivity contribution in [1.82, 2.24) is 9.78 Å². The van der Waals surface area contributed by atoms with Gasteiger partial charge in [-0.15, -0.1) is 13.2 Å². The first-order valence-electron chi connectivity index (χ1n) is 4.79. The third-order valence-electron chi connectivity index (χ3n) is 1.79. The summed E-state index contributed by atoms with van der Waals surface area (Å²) < 4.78 is 41.9. The molecule has 0 N–H and O–H groups in total. The largest absolute Gasteiger partial charge is 0.572 e. The minimum Gasteiger partial charge on any atom is -0.411 e. The van der Waals surface area contributed by atoms with Crippen molar-refractivity contribution in [2.24, 2.45) is 0 Å². The van der Waals surface area contributed by atoms with Gasteiger partial charge in [-0.2, -0.15) is 5.10 Å². The summed E-state index contributed by atoms with van der Waals surface area (Å²) in [7, 11) is 0. The minimum absolute atomic E-state index is 0.260. The second-order valence-corrected chi connectivity index (χ2v) is 4.47. The van der Waals surface area contributed by atoms with E-state index in [0.29, 0.717) is 5.70 Å². The monoisotopic (exact) mass is 370 g/mol. The maximum atomic E-state index is 11.9. The molecule has 1 aromatic rings. The molecule has 0 aromatic carbocycles. The molecule has 1 aromatic heterocycles. The van der Waals surface area contributed by atoms with Gasteiger partial charge in [-0.1, -0.05) is 6.58 Å². The van der Waals surface area contributed by atoms with Gasteiger partial charge in [-0.05, 0) is 47.7 Å². The van der Waals surface area contributed by atoms with Crippen molar-refractivity contribution < 1.29 is 17.9 Å². The third-order valence-corrected chi connectivity index (χ3v) is 2.35. The predicted octanol–water partition coefficient (Wildman–Crippen LogP) is 3.95. The lowest BCUT2D eigenvalue weighted by Crippen LogP contribution is -2.11. The van der Waals surface area contributed by atoms with E-state index < -0.39 is 6.36 Å². The van der Waals surface area contributed by atoms with Gasteiger partial charge in [0.25, 0.3) is 0 Å². The number of aromatic nitrogens is 2. The summed E-state index contributed by atoms with van der Waals surface area (Å²) in [4.78, 5) is 0. The first-order chi connectivity index (χ1) is 8.31. The topological polar surface area (TPSA) is 27.1 Å². The van der Waals surface area contributed by atoms with Gasteiger partial charge in [0.05, 0.1) is 15.5 Å².